The first-order valence-electron chi connectivity index (χ1n) is 6.58. The van der Waals surface area contributed by atoms with E-state index in [1.165, 1.54) is 0 Å². The SMILES string of the molecule is OC(C1CCN(Cc2ccccc2Cl)CC1)C(F)(F)F. The number of hydrogen-bond donors (Lipinski definition) is 1. The van der Waals surface area contributed by atoms with Crippen LogP contribution in [0.5, 0.6) is 0 Å². The summed E-state index contributed by atoms with van der Waals surface area (Å²) in [6, 6.07) is 7.45. The lowest BCUT2D eigenvalue weighted by molar-refractivity contribution is -0.223. The summed E-state index contributed by atoms with van der Waals surface area (Å²) in [5.41, 5.74) is 0.976. The fourth-order valence-electron chi connectivity index (χ4n) is 2.56. The Bertz CT molecular complexity index is 444. The van der Waals surface area contributed by atoms with Crippen molar-refractivity contribution in [1.29, 1.82) is 0 Å². The second-order valence-corrected chi connectivity index (χ2v) is 5.60. The van der Waals surface area contributed by atoms with E-state index in [1.807, 2.05) is 18.2 Å². The lowest BCUT2D eigenvalue weighted by Gasteiger charge is -2.34. The summed E-state index contributed by atoms with van der Waals surface area (Å²) in [6.45, 7) is 1.72. The molecule has 1 saturated heterocycles. The maximum Gasteiger partial charge on any atom is 0.414 e. The molecular weight excluding hydrogens is 291 g/mol. The van der Waals surface area contributed by atoms with Crippen molar-refractivity contribution in [3.8, 4) is 0 Å². The maximum atomic E-state index is 12.4. The van der Waals surface area contributed by atoms with Gasteiger partial charge in [-0.2, -0.15) is 13.2 Å². The van der Waals surface area contributed by atoms with E-state index in [0.29, 0.717) is 37.5 Å². The van der Waals surface area contributed by atoms with Crippen molar-refractivity contribution in [2.45, 2.75) is 31.7 Å². The Balaban J connectivity index is 1.87. The number of halogens is 4. The number of alkyl halides is 3. The van der Waals surface area contributed by atoms with Crippen molar-refractivity contribution >= 4 is 11.6 Å². The molecule has 0 aliphatic carbocycles. The van der Waals surface area contributed by atoms with E-state index < -0.39 is 18.2 Å². The summed E-state index contributed by atoms with van der Waals surface area (Å²) >= 11 is 6.07. The van der Waals surface area contributed by atoms with Gasteiger partial charge >= 0.3 is 6.18 Å². The van der Waals surface area contributed by atoms with Gasteiger partial charge in [0, 0.05) is 11.6 Å². The topological polar surface area (TPSA) is 23.5 Å². The van der Waals surface area contributed by atoms with Gasteiger partial charge in [-0.1, -0.05) is 29.8 Å². The Morgan fingerprint density at radius 2 is 1.85 bits per heavy atom. The van der Waals surface area contributed by atoms with Gasteiger partial charge in [0.15, 0.2) is 6.10 Å². The number of rotatable bonds is 3. The molecule has 0 radical (unpaired) electrons. The second kappa shape index (κ2) is 6.33. The van der Waals surface area contributed by atoms with Crippen LogP contribution in [0.3, 0.4) is 0 Å². The fraction of sp³-hybridized carbons (Fsp3) is 0.571. The van der Waals surface area contributed by atoms with Crippen molar-refractivity contribution in [3.63, 3.8) is 0 Å². The highest BCUT2D eigenvalue weighted by Crippen LogP contribution is 2.32. The number of piperidine rings is 1. The first kappa shape index (κ1) is 15.6. The summed E-state index contributed by atoms with van der Waals surface area (Å²) in [7, 11) is 0. The maximum absolute atomic E-state index is 12.4. The van der Waals surface area contributed by atoms with Gasteiger partial charge in [-0.3, -0.25) is 4.90 Å². The van der Waals surface area contributed by atoms with Crippen LogP contribution in [0.25, 0.3) is 0 Å². The molecule has 6 heteroatoms. The number of hydrogen-bond acceptors (Lipinski definition) is 2. The first-order chi connectivity index (χ1) is 9.38. The average molecular weight is 308 g/mol. The van der Waals surface area contributed by atoms with Crippen molar-refractivity contribution in [3.05, 3.63) is 34.9 Å². The molecule has 1 aromatic rings. The van der Waals surface area contributed by atoms with E-state index in [-0.39, 0.29) is 0 Å². The van der Waals surface area contributed by atoms with Gasteiger partial charge in [0.1, 0.15) is 0 Å². The number of nitrogens with zero attached hydrogens (tertiary/aromatic N) is 1. The van der Waals surface area contributed by atoms with E-state index in [0.717, 1.165) is 5.56 Å². The van der Waals surface area contributed by atoms with Crippen LogP contribution >= 0.6 is 11.6 Å². The number of likely N-dealkylation sites (tertiary alicyclic amines) is 1. The molecule has 0 bridgehead atoms. The van der Waals surface area contributed by atoms with Crippen LogP contribution in [0.4, 0.5) is 13.2 Å². The van der Waals surface area contributed by atoms with Crippen LogP contribution in [-0.4, -0.2) is 35.4 Å². The molecule has 1 aromatic carbocycles. The second-order valence-electron chi connectivity index (χ2n) is 5.19. The molecule has 0 amide bonds. The minimum Gasteiger partial charge on any atom is -0.383 e. The smallest absolute Gasteiger partial charge is 0.383 e. The zero-order chi connectivity index (χ0) is 14.8. The lowest BCUT2D eigenvalue weighted by Crippen LogP contribution is -2.43. The Kier molecular flexibility index (Phi) is 4.94. The molecule has 1 aliphatic rings. The minimum absolute atomic E-state index is 0.352. The number of aliphatic hydroxyl groups is 1. The highest BCUT2D eigenvalue weighted by atomic mass is 35.5. The Labute approximate surface area is 121 Å². The quantitative estimate of drug-likeness (QED) is 0.924. The molecule has 1 fully saturated rings. The largest absolute Gasteiger partial charge is 0.414 e. The fourth-order valence-corrected chi connectivity index (χ4v) is 2.76. The van der Waals surface area contributed by atoms with E-state index in [1.54, 1.807) is 6.07 Å². The predicted octanol–water partition coefficient (Wildman–Crippen LogP) is 3.48. The molecule has 1 unspecified atom stereocenters. The molecular formula is C14H17ClF3NO. The van der Waals surface area contributed by atoms with Crippen LogP contribution in [0, 0.1) is 5.92 Å². The van der Waals surface area contributed by atoms with Crippen molar-refractivity contribution in [1.82, 2.24) is 4.90 Å². The third kappa shape index (κ3) is 3.87. The van der Waals surface area contributed by atoms with Gasteiger partial charge in [0.05, 0.1) is 0 Å². The van der Waals surface area contributed by atoms with Crippen LogP contribution in [-0.2, 0) is 6.54 Å². The van der Waals surface area contributed by atoms with Crippen molar-refractivity contribution in [2.24, 2.45) is 5.92 Å². The highest BCUT2D eigenvalue weighted by Gasteiger charge is 2.44. The summed E-state index contributed by atoms with van der Waals surface area (Å²) in [5, 5.41) is 9.94. The van der Waals surface area contributed by atoms with Gasteiger partial charge < -0.3 is 5.11 Å². The van der Waals surface area contributed by atoms with E-state index in [4.69, 9.17) is 11.6 Å². The van der Waals surface area contributed by atoms with Gasteiger partial charge in [-0.05, 0) is 43.5 Å². The van der Waals surface area contributed by atoms with Gasteiger partial charge in [-0.15, -0.1) is 0 Å². The predicted molar refractivity (Wildman–Crippen MR) is 71.5 cm³/mol. The van der Waals surface area contributed by atoms with Crippen LogP contribution in [0.2, 0.25) is 5.02 Å². The molecule has 1 atom stereocenters. The van der Waals surface area contributed by atoms with Crippen LogP contribution < -0.4 is 0 Å². The Morgan fingerprint density at radius 3 is 2.40 bits per heavy atom. The number of benzene rings is 1. The van der Waals surface area contributed by atoms with Gasteiger partial charge in [-0.25, -0.2) is 0 Å². The minimum atomic E-state index is -4.52. The third-order valence-corrected chi connectivity index (χ3v) is 4.13. The van der Waals surface area contributed by atoms with Crippen LogP contribution in [0.15, 0.2) is 24.3 Å². The molecule has 1 heterocycles. The van der Waals surface area contributed by atoms with Crippen molar-refractivity contribution < 1.29 is 18.3 Å². The monoisotopic (exact) mass is 307 g/mol. The Hall–Kier alpha value is -0.780. The van der Waals surface area contributed by atoms with Gasteiger partial charge in [0.25, 0.3) is 0 Å². The summed E-state index contributed by atoms with van der Waals surface area (Å²) < 4.78 is 37.3. The average Bonchev–Trinajstić information content (AvgIpc) is 2.40. The molecule has 0 aromatic heterocycles. The van der Waals surface area contributed by atoms with E-state index in [2.05, 4.69) is 4.90 Å². The molecule has 112 valence electrons. The standard InChI is InChI=1S/C14H17ClF3NO/c15-12-4-2-1-3-11(12)9-19-7-5-10(6-8-19)13(20)14(16,17)18/h1-4,10,13,20H,5-9H2. The molecule has 2 rings (SSSR count). The molecule has 0 spiro atoms. The highest BCUT2D eigenvalue weighted by molar-refractivity contribution is 6.31. The molecule has 0 saturated carbocycles. The molecule has 2 nitrogen and oxygen atoms in total. The van der Waals surface area contributed by atoms with Crippen LogP contribution in [0.1, 0.15) is 18.4 Å². The Morgan fingerprint density at radius 1 is 1.25 bits per heavy atom. The van der Waals surface area contributed by atoms with E-state index in [9.17, 15) is 18.3 Å². The zero-order valence-electron chi connectivity index (χ0n) is 10.9. The summed E-state index contributed by atoms with van der Waals surface area (Å²) in [5.74, 6) is -0.697. The van der Waals surface area contributed by atoms with E-state index >= 15 is 0 Å². The number of aliphatic hydroxyl groups excluding tert-OH is 1. The normalized spacial score (nSPS) is 20.1. The third-order valence-electron chi connectivity index (χ3n) is 3.77. The molecule has 1 N–H and O–H groups in total. The molecule has 1 aliphatic heterocycles. The summed E-state index contributed by atoms with van der Waals surface area (Å²) in [6.07, 6.45) is -6.02. The lowest BCUT2D eigenvalue weighted by atomic mass is 9.90. The van der Waals surface area contributed by atoms with Crippen molar-refractivity contribution in [2.75, 3.05) is 13.1 Å². The summed E-state index contributed by atoms with van der Waals surface area (Å²) in [4.78, 5) is 2.07. The molecule has 20 heavy (non-hydrogen) atoms. The zero-order valence-corrected chi connectivity index (χ0v) is 11.7. The first-order valence-corrected chi connectivity index (χ1v) is 6.96. The van der Waals surface area contributed by atoms with Gasteiger partial charge in [0.2, 0.25) is 0 Å².